The van der Waals surface area contributed by atoms with Crippen molar-refractivity contribution in [2.24, 2.45) is 0 Å². The lowest BCUT2D eigenvalue weighted by molar-refractivity contribution is -0.835. The largest absolute Gasteiger partial charge is 0.474 e. The molecular weight excluding hydrogens is 322 g/mol. The topological polar surface area (TPSA) is 144 Å². The van der Waals surface area contributed by atoms with Crippen molar-refractivity contribution in [2.45, 2.75) is 12.8 Å². The van der Waals surface area contributed by atoms with Gasteiger partial charge in [-0.1, -0.05) is 35.3 Å². The van der Waals surface area contributed by atoms with Crippen LogP contribution in [-0.2, 0) is 16.8 Å². The zero-order valence-electron chi connectivity index (χ0n) is 12.2. The lowest BCUT2D eigenvalue weighted by Gasteiger charge is -2.07. The first-order valence-corrected chi connectivity index (χ1v) is 8.15. The molecule has 0 aliphatic carbocycles. The Labute approximate surface area is 133 Å². The normalized spacial score (nSPS) is 11.2. The van der Waals surface area contributed by atoms with Crippen LogP contribution < -0.4 is 25.8 Å². The predicted octanol–water partition coefficient (Wildman–Crippen LogP) is -0.190. The summed E-state index contributed by atoms with van der Waals surface area (Å²) in [6, 6.07) is 11.4. The van der Waals surface area contributed by atoms with Crippen LogP contribution in [-0.4, -0.2) is 24.5 Å². The van der Waals surface area contributed by atoms with E-state index in [9.17, 15) is 8.42 Å². The quantitative estimate of drug-likeness (QED) is 0.308. The molecule has 1 aromatic carbocycles. The molecule has 0 radical (unpaired) electrons. The van der Waals surface area contributed by atoms with Crippen LogP contribution in [0.3, 0.4) is 0 Å². The number of aromatic nitrogens is 2. The number of nitrogens with two attached hydrogens (primary N) is 2. The van der Waals surface area contributed by atoms with Crippen LogP contribution in [0.15, 0.2) is 36.4 Å². The third kappa shape index (κ3) is 5.27. The van der Waals surface area contributed by atoms with Gasteiger partial charge in [0.05, 0.1) is 6.07 Å². The maximum absolute atomic E-state index is 10.7. The summed E-state index contributed by atoms with van der Waals surface area (Å²) >= 11 is 0. The highest BCUT2D eigenvalue weighted by atomic mass is 32.3. The molecule has 0 bridgehead atoms. The minimum atomic E-state index is -4.74. The highest BCUT2D eigenvalue weighted by Crippen LogP contribution is 2.09. The lowest BCUT2D eigenvalue weighted by Crippen LogP contribution is -2.50. The second-order valence-electron chi connectivity index (χ2n) is 4.74. The van der Waals surface area contributed by atoms with E-state index in [1.165, 1.54) is 11.6 Å². The number of aryl methyl sites for hydroxylation is 1. The van der Waals surface area contributed by atoms with Gasteiger partial charge < -0.3 is 16.8 Å². The third-order valence-electron chi connectivity index (χ3n) is 2.92. The van der Waals surface area contributed by atoms with E-state index in [0.29, 0.717) is 17.1 Å². The number of hydrogen-bond donors (Lipinski definition) is 4. The summed E-state index contributed by atoms with van der Waals surface area (Å²) in [5, 5.41) is 3.03. The van der Waals surface area contributed by atoms with E-state index in [1.807, 2.05) is 30.3 Å². The molecule has 0 unspecified atom stereocenters. The number of benzene rings is 1. The summed E-state index contributed by atoms with van der Waals surface area (Å²) in [7, 11) is -4.74. The third-order valence-corrected chi connectivity index (χ3v) is 3.26. The Bertz CT molecular complexity index is 744. The average molecular weight is 340 g/mol. The van der Waals surface area contributed by atoms with Gasteiger partial charge >= 0.3 is 16.3 Å². The molecule has 1 aromatic heterocycles. The van der Waals surface area contributed by atoms with Crippen molar-refractivity contribution in [3.8, 4) is 0 Å². The van der Waals surface area contributed by atoms with Gasteiger partial charge in [0.1, 0.15) is 0 Å². The van der Waals surface area contributed by atoms with Gasteiger partial charge in [-0.05, 0) is 23.1 Å². The van der Waals surface area contributed by atoms with Crippen LogP contribution in [0.2, 0.25) is 0 Å². The van der Waals surface area contributed by atoms with E-state index in [0.717, 1.165) is 12.8 Å². The minimum Gasteiger partial charge on any atom is -0.360 e. The van der Waals surface area contributed by atoms with E-state index in [4.69, 9.17) is 16.0 Å². The highest BCUT2D eigenvalue weighted by Gasteiger charge is 2.19. The molecule has 0 fully saturated rings. The maximum atomic E-state index is 10.7. The fourth-order valence-electron chi connectivity index (χ4n) is 1.95. The van der Waals surface area contributed by atoms with E-state index in [1.54, 1.807) is 0 Å². The van der Waals surface area contributed by atoms with Gasteiger partial charge in [0, 0.05) is 6.54 Å². The van der Waals surface area contributed by atoms with Gasteiger partial charge in [-0.2, -0.15) is 8.42 Å². The number of nitrogens with one attached hydrogen (secondary N) is 1. The molecule has 10 heteroatoms. The van der Waals surface area contributed by atoms with Crippen molar-refractivity contribution < 1.29 is 22.0 Å². The molecular formula is C13H18N5O4S+. The molecule has 1 heterocycles. The number of anilines is 3. The SMILES string of the molecule is Nc1cc(NCCCc2ccccc2)nc(N)[n+]1OS(=O)(=O)O. The first kappa shape index (κ1) is 16.8. The van der Waals surface area contributed by atoms with E-state index in [-0.39, 0.29) is 11.8 Å². The first-order valence-electron chi connectivity index (χ1n) is 6.78. The van der Waals surface area contributed by atoms with Crippen LogP contribution in [0, 0.1) is 0 Å². The Balaban J connectivity index is 1.93. The molecule has 0 spiro atoms. The minimum absolute atomic E-state index is 0.124. The van der Waals surface area contributed by atoms with Gasteiger partial charge in [-0.25, -0.2) is 4.28 Å². The van der Waals surface area contributed by atoms with E-state index >= 15 is 0 Å². The standard InChI is InChI=1S/C13H17N5O4S/c14-11-9-12(17-13(15)18(11)22-23(19,20)21)16-8-4-7-10-5-2-1-3-6-10/h1-3,5-6,9H,4,7-8H2,(H5,14,15,16,17,19,20,21)/p+1. The van der Waals surface area contributed by atoms with E-state index in [2.05, 4.69) is 14.6 Å². The van der Waals surface area contributed by atoms with Crippen LogP contribution in [0.4, 0.5) is 17.6 Å². The fraction of sp³-hybridized carbons (Fsp3) is 0.231. The summed E-state index contributed by atoms with van der Waals surface area (Å²) in [5.74, 6) is -0.0582. The molecule has 0 atom stereocenters. The van der Waals surface area contributed by atoms with Gasteiger partial charge in [0.15, 0.2) is 5.82 Å². The summed E-state index contributed by atoms with van der Waals surface area (Å²) in [4.78, 5) is 3.91. The molecule has 0 amide bonds. The fourth-order valence-corrected chi connectivity index (χ4v) is 2.30. The molecule has 0 saturated heterocycles. The van der Waals surface area contributed by atoms with Gasteiger partial charge in [0.25, 0.3) is 0 Å². The van der Waals surface area contributed by atoms with Crippen molar-refractivity contribution in [3.05, 3.63) is 42.0 Å². The number of nitrogen functional groups attached to an aromatic ring is 2. The molecule has 0 saturated carbocycles. The molecule has 6 N–H and O–H groups in total. The second kappa shape index (κ2) is 7.11. The van der Waals surface area contributed by atoms with Crippen molar-refractivity contribution >= 4 is 28.0 Å². The molecule has 2 aromatic rings. The van der Waals surface area contributed by atoms with Crippen LogP contribution in [0.25, 0.3) is 0 Å². The van der Waals surface area contributed by atoms with Crippen molar-refractivity contribution in [1.29, 1.82) is 0 Å². The van der Waals surface area contributed by atoms with Crippen molar-refractivity contribution in [3.63, 3.8) is 0 Å². The number of rotatable bonds is 7. The molecule has 9 nitrogen and oxygen atoms in total. The van der Waals surface area contributed by atoms with Crippen LogP contribution in [0.5, 0.6) is 0 Å². The van der Waals surface area contributed by atoms with Crippen LogP contribution in [0.1, 0.15) is 12.0 Å². The average Bonchev–Trinajstić information content (AvgIpc) is 2.48. The van der Waals surface area contributed by atoms with Crippen molar-refractivity contribution in [2.75, 3.05) is 23.3 Å². The Kier molecular flexibility index (Phi) is 5.19. The molecule has 0 aliphatic rings. The Morgan fingerprint density at radius 1 is 1.26 bits per heavy atom. The lowest BCUT2D eigenvalue weighted by atomic mass is 10.1. The number of nitrogens with zero attached hydrogens (tertiary/aromatic N) is 2. The highest BCUT2D eigenvalue weighted by molar-refractivity contribution is 7.80. The van der Waals surface area contributed by atoms with Crippen molar-refractivity contribution in [1.82, 2.24) is 4.98 Å². The smallest absolute Gasteiger partial charge is 0.360 e. The first-order chi connectivity index (χ1) is 10.8. The monoisotopic (exact) mass is 340 g/mol. The molecule has 124 valence electrons. The Hall–Kier alpha value is -2.59. The summed E-state index contributed by atoms with van der Waals surface area (Å²) < 4.78 is 34.8. The molecule has 23 heavy (non-hydrogen) atoms. The van der Waals surface area contributed by atoms with Crippen LogP contribution >= 0.6 is 0 Å². The molecule has 2 rings (SSSR count). The maximum Gasteiger partial charge on any atom is 0.474 e. The van der Waals surface area contributed by atoms with Gasteiger partial charge in [-0.15, -0.1) is 0 Å². The van der Waals surface area contributed by atoms with Gasteiger partial charge in [-0.3, -0.25) is 4.55 Å². The number of hydrogen-bond acceptors (Lipinski definition) is 7. The Morgan fingerprint density at radius 3 is 2.57 bits per heavy atom. The molecule has 0 aliphatic heterocycles. The second-order valence-corrected chi connectivity index (χ2v) is 5.74. The predicted molar refractivity (Wildman–Crippen MR) is 84.6 cm³/mol. The summed E-state index contributed by atoms with van der Waals surface area (Å²) in [6.07, 6.45) is 1.76. The summed E-state index contributed by atoms with van der Waals surface area (Å²) in [6.45, 7) is 0.629. The zero-order valence-corrected chi connectivity index (χ0v) is 13.0. The Morgan fingerprint density at radius 2 is 1.96 bits per heavy atom. The van der Waals surface area contributed by atoms with Gasteiger partial charge in [0.2, 0.25) is 5.82 Å². The van der Waals surface area contributed by atoms with E-state index < -0.39 is 10.4 Å². The summed E-state index contributed by atoms with van der Waals surface area (Å²) in [5.41, 5.74) is 12.4. The zero-order chi connectivity index (χ0) is 16.9.